The van der Waals surface area contributed by atoms with Crippen molar-refractivity contribution in [2.24, 2.45) is 5.10 Å². The third kappa shape index (κ3) is 2.54. The first-order valence-corrected chi connectivity index (χ1v) is 8.86. The lowest BCUT2D eigenvalue weighted by atomic mass is 9.95. The van der Waals surface area contributed by atoms with Crippen LogP contribution in [-0.2, 0) is 0 Å². The second-order valence-electron chi connectivity index (χ2n) is 6.69. The molecule has 0 bridgehead atoms. The van der Waals surface area contributed by atoms with E-state index in [0.29, 0.717) is 17.5 Å². The van der Waals surface area contributed by atoms with E-state index in [2.05, 4.69) is 0 Å². The lowest BCUT2D eigenvalue weighted by molar-refractivity contribution is -0.0212. The van der Waals surface area contributed by atoms with Gasteiger partial charge >= 0.3 is 0 Å². The minimum Gasteiger partial charge on any atom is -0.507 e. The first-order chi connectivity index (χ1) is 13.2. The first kappa shape index (κ1) is 15.9. The molecule has 0 spiro atoms. The van der Waals surface area contributed by atoms with Crippen LogP contribution in [0.2, 0.25) is 0 Å². The van der Waals surface area contributed by atoms with Crippen LogP contribution in [0.5, 0.6) is 11.5 Å². The van der Waals surface area contributed by atoms with Gasteiger partial charge in [0.05, 0.1) is 17.3 Å². The van der Waals surface area contributed by atoms with E-state index in [0.717, 1.165) is 17.0 Å². The van der Waals surface area contributed by atoms with Gasteiger partial charge in [-0.05, 0) is 24.3 Å². The molecule has 4 nitrogen and oxygen atoms in total. The molecule has 2 heterocycles. The molecule has 0 fully saturated rings. The molecule has 0 aliphatic carbocycles. The standard InChI is InChI=1S/C22H17FN2O2/c23-17-10-4-1-7-14(17)22-25-19(16-9-3-6-12-21(16)27-22)13-18(24-25)15-8-2-5-11-20(15)26/h1-12,19,22,26H,13H2. The minimum absolute atomic E-state index is 0.0748. The fraction of sp³-hybridized carbons (Fsp3) is 0.136. The Labute approximate surface area is 156 Å². The Balaban J connectivity index is 1.64. The number of para-hydroxylation sites is 2. The Bertz CT molecular complexity index is 1050. The molecule has 0 radical (unpaired) electrons. The molecule has 27 heavy (non-hydrogen) atoms. The molecule has 134 valence electrons. The van der Waals surface area contributed by atoms with Crippen LogP contribution in [0.3, 0.4) is 0 Å². The second kappa shape index (κ2) is 6.13. The fourth-order valence-electron chi connectivity index (χ4n) is 3.80. The summed E-state index contributed by atoms with van der Waals surface area (Å²) in [4.78, 5) is 0. The van der Waals surface area contributed by atoms with Crippen molar-refractivity contribution >= 4 is 5.71 Å². The van der Waals surface area contributed by atoms with Gasteiger partial charge in [-0.3, -0.25) is 0 Å². The number of hydrogen-bond acceptors (Lipinski definition) is 4. The summed E-state index contributed by atoms with van der Waals surface area (Å²) < 4.78 is 20.6. The van der Waals surface area contributed by atoms with E-state index in [1.807, 2.05) is 41.4 Å². The van der Waals surface area contributed by atoms with Crippen molar-refractivity contribution < 1.29 is 14.2 Å². The smallest absolute Gasteiger partial charge is 0.216 e. The van der Waals surface area contributed by atoms with Crippen molar-refractivity contribution in [2.45, 2.75) is 18.7 Å². The van der Waals surface area contributed by atoms with Crippen LogP contribution >= 0.6 is 0 Å². The van der Waals surface area contributed by atoms with Crippen LogP contribution in [0.15, 0.2) is 77.9 Å². The van der Waals surface area contributed by atoms with E-state index in [9.17, 15) is 9.50 Å². The van der Waals surface area contributed by atoms with Gasteiger partial charge in [0.25, 0.3) is 0 Å². The van der Waals surface area contributed by atoms with E-state index >= 15 is 0 Å². The lowest BCUT2D eigenvalue weighted by Crippen LogP contribution is -2.34. The molecular formula is C22H17FN2O2. The number of benzene rings is 3. The van der Waals surface area contributed by atoms with Crippen LogP contribution in [0, 0.1) is 5.82 Å². The summed E-state index contributed by atoms with van der Waals surface area (Å²) in [6.45, 7) is 0. The molecule has 0 saturated carbocycles. The summed E-state index contributed by atoms with van der Waals surface area (Å²) in [6, 6.07) is 21.4. The molecule has 2 aliphatic heterocycles. The first-order valence-electron chi connectivity index (χ1n) is 8.86. The molecule has 1 N–H and O–H groups in total. The van der Waals surface area contributed by atoms with Crippen LogP contribution in [0.25, 0.3) is 0 Å². The molecular weight excluding hydrogens is 343 g/mol. The number of hydrogen-bond donors (Lipinski definition) is 1. The van der Waals surface area contributed by atoms with Gasteiger partial charge in [0.2, 0.25) is 6.23 Å². The van der Waals surface area contributed by atoms with Crippen LogP contribution < -0.4 is 4.74 Å². The Morgan fingerprint density at radius 2 is 1.63 bits per heavy atom. The highest BCUT2D eigenvalue weighted by Crippen LogP contribution is 2.48. The Kier molecular flexibility index (Phi) is 3.60. The quantitative estimate of drug-likeness (QED) is 0.716. The number of ether oxygens (including phenoxy) is 1. The van der Waals surface area contributed by atoms with Gasteiger partial charge in [0.1, 0.15) is 17.3 Å². The average molecular weight is 360 g/mol. The van der Waals surface area contributed by atoms with E-state index in [1.54, 1.807) is 30.3 Å². The molecule has 0 saturated heterocycles. The maximum Gasteiger partial charge on any atom is 0.216 e. The third-order valence-electron chi connectivity index (χ3n) is 5.09. The van der Waals surface area contributed by atoms with Gasteiger partial charge in [-0.15, -0.1) is 0 Å². The number of fused-ring (bicyclic) bond motifs is 3. The zero-order valence-corrected chi connectivity index (χ0v) is 14.4. The van der Waals surface area contributed by atoms with Gasteiger partial charge in [0.15, 0.2) is 0 Å². The molecule has 2 atom stereocenters. The highest BCUT2D eigenvalue weighted by Gasteiger charge is 2.41. The molecule has 0 amide bonds. The summed E-state index contributed by atoms with van der Waals surface area (Å²) in [5.41, 5.74) is 2.91. The minimum atomic E-state index is -0.658. The van der Waals surface area contributed by atoms with Crippen molar-refractivity contribution in [1.29, 1.82) is 0 Å². The lowest BCUT2D eigenvalue weighted by Gasteiger charge is -2.38. The zero-order chi connectivity index (χ0) is 18.4. The van der Waals surface area contributed by atoms with E-state index < -0.39 is 6.23 Å². The van der Waals surface area contributed by atoms with Gasteiger partial charge in [0, 0.05) is 17.5 Å². The third-order valence-corrected chi connectivity index (χ3v) is 5.09. The predicted molar refractivity (Wildman–Crippen MR) is 100 cm³/mol. The average Bonchev–Trinajstić information content (AvgIpc) is 3.14. The number of phenolic OH excluding ortho intramolecular Hbond substituents is 1. The number of nitrogens with zero attached hydrogens (tertiary/aromatic N) is 2. The van der Waals surface area contributed by atoms with Crippen molar-refractivity contribution in [3.63, 3.8) is 0 Å². The van der Waals surface area contributed by atoms with Gasteiger partial charge in [-0.25, -0.2) is 9.40 Å². The van der Waals surface area contributed by atoms with Crippen molar-refractivity contribution in [2.75, 3.05) is 0 Å². The van der Waals surface area contributed by atoms with E-state index in [4.69, 9.17) is 9.84 Å². The Morgan fingerprint density at radius 3 is 2.44 bits per heavy atom. The summed E-state index contributed by atoms with van der Waals surface area (Å²) in [7, 11) is 0. The van der Waals surface area contributed by atoms with E-state index in [1.165, 1.54) is 6.07 Å². The van der Waals surface area contributed by atoms with Gasteiger partial charge in [-0.1, -0.05) is 48.5 Å². The maximum absolute atomic E-state index is 14.5. The van der Waals surface area contributed by atoms with Crippen molar-refractivity contribution in [3.8, 4) is 11.5 Å². The number of hydrazone groups is 1. The summed E-state index contributed by atoms with van der Waals surface area (Å²) in [5.74, 6) is 0.598. The summed E-state index contributed by atoms with van der Waals surface area (Å²) in [6.07, 6.45) is -0.0439. The molecule has 2 unspecified atom stereocenters. The molecule has 3 aromatic carbocycles. The SMILES string of the molecule is Oc1ccccc1C1=NN2C(C1)c1ccccc1OC2c1ccccc1F. The van der Waals surface area contributed by atoms with Crippen molar-refractivity contribution in [1.82, 2.24) is 5.01 Å². The second-order valence-corrected chi connectivity index (χ2v) is 6.69. The van der Waals surface area contributed by atoms with Crippen LogP contribution in [-0.4, -0.2) is 15.8 Å². The maximum atomic E-state index is 14.5. The molecule has 5 rings (SSSR count). The topological polar surface area (TPSA) is 45.1 Å². The fourth-order valence-corrected chi connectivity index (χ4v) is 3.80. The summed E-state index contributed by atoms with van der Waals surface area (Å²) in [5, 5.41) is 16.8. The Hall–Kier alpha value is -3.34. The summed E-state index contributed by atoms with van der Waals surface area (Å²) >= 11 is 0. The Morgan fingerprint density at radius 1 is 0.926 bits per heavy atom. The zero-order valence-electron chi connectivity index (χ0n) is 14.4. The number of rotatable bonds is 2. The number of phenols is 1. The molecule has 3 aromatic rings. The largest absolute Gasteiger partial charge is 0.507 e. The normalized spacial score (nSPS) is 20.5. The molecule has 0 aromatic heterocycles. The number of halogens is 1. The monoisotopic (exact) mass is 360 g/mol. The molecule has 5 heteroatoms. The van der Waals surface area contributed by atoms with Crippen molar-refractivity contribution in [3.05, 3.63) is 95.3 Å². The van der Waals surface area contributed by atoms with Gasteiger partial charge in [-0.2, -0.15) is 5.10 Å². The number of aromatic hydroxyl groups is 1. The van der Waals surface area contributed by atoms with Crippen LogP contribution in [0.4, 0.5) is 4.39 Å². The highest BCUT2D eigenvalue weighted by molar-refractivity contribution is 6.04. The molecule has 2 aliphatic rings. The predicted octanol–water partition coefficient (Wildman–Crippen LogP) is 4.77. The van der Waals surface area contributed by atoms with E-state index in [-0.39, 0.29) is 17.6 Å². The van der Waals surface area contributed by atoms with Gasteiger partial charge < -0.3 is 9.84 Å². The highest BCUT2D eigenvalue weighted by atomic mass is 19.1. The van der Waals surface area contributed by atoms with Crippen LogP contribution in [0.1, 0.15) is 35.4 Å².